The second-order valence-electron chi connectivity index (χ2n) is 9.54. The zero-order valence-electron chi connectivity index (χ0n) is 24.3. The van der Waals surface area contributed by atoms with Crippen LogP contribution in [-0.4, -0.2) is 51.8 Å². The topological polar surface area (TPSA) is 122 Å². The SMILES string of the molecule is C=CCN(C(=O)c1ccc2c(c1)nc(NC(=O)C1=CNCC=C1)n2CCCCC)C1CCCCC1.CC.NC=O. The molecule has 40 heavy (non-hydrogen) atoms. The minimum absolute atomic E-state index is 0.0217. The molecular weight excluding hydrogens is 504 g/mol. The first kappa shape index (κ1) is 32.3. The van der Waals surface area contributed by atoms with E-state index in [1.54, 1.807) is 6.20 Å². The van der Waals surface area contributed by atoms with Crippen molar-refractivity contribution in [2.45, 2.75) is 84.7 Å². The quantitative estimate of drug-likeness (QED) is 0.211. The molecule has 0 atom stereocenters. The Kier molecular flexibility index (Phi) is 14.3. The van der Waals surface area contributed by atoms with Crippen molar-refractivity contribution < 1.29 is 14.4 Å². The van der Waals surface area contributed by atoms with E-state index in [1.165, 1.54) is 6.42 Å². The number of nitrogens with two attached hydrogens (primary N) is 1. The summed E-state index contributed by atoms with van der Waals surface area (Å²) in [5.74, 6) is 0.334. The van der Waals surface area contributed by atoms with E-state index in [2.05, 4.69) is 34.4 Å². The van der Waals surface area contributed by atoms with Crippen LogP contribution in [0.1, 0.15) is 82.5 Å². The molecule has 9 nitrogen and oxygen atoms in total. The highest BCUT2D eigenvalue weighted by atomic mass is 16.2. The minimum Gasteiger partial charge on any atom is -0.387 e. The predicted octanol–water partition coefficient (Wildman–Crippen LogP) is 5.30. The van der Waals surface area contributed by atoms with Gasteiger partial charge in [0.05, 0.1) is 16.6 Å². The van der Waals surface area contributed by atoms with Crippen molar-refractivity contribution in [3.8, 4) is 0 Å². The fourth-order valence-electron chi connectivity index (χ4n) is 4.99. The van der Waals surface area contributed by atoms with Gasteiger partial charge in [0.15, 0.2) is 0 Å². The van der Waals surface area contributed by atoms with E-state index < -0.39 is 0 Å². The predicted molar refractivity (Wildman–Crippen MR) is 163 cm³/mol. The normalized spacial score (nSPS) is 14.4. The molecule has 0 unspecified atom stereocenters. The average molecular weight is 551 g/mol. The van der Waals surface area contributed by atoms with E-state index in [0.717, 1.165) is 62.5 Å². The summed E-state index contributed by atoms with van der Waals surface area (Å²) in [5, 5.41) is 6.05. The van der Waals surface area contributed by atoms with Crippen LogP contribution in [0.25, 0.3) is 11.0 Å². The van der Waals surface area contributed by atoms with Crippen LogP contribution in [0, 0.1) is 0 Å². The molecule has 1 aromatic carbocycles. The second-order valence-corrected chi connectivity index (χ2v) is 9.54. The highest BCUT2D eigenvalue weighted by Gasteiger charge is 2.26. The lowest BCUT2D eigenvalue weighted by atomic mass is 9.93. The number of primary amides is 1. The van der Waals surface area contributed by atoms with Crippen molar-refractivity contribution in [3.63, 3.8) is 0 Å². The first-order valence-corrected chi connectivity index (χ1v) is 14.5. The lowest BCUT2D eigenvalue weighted by Crippen LogP contribution is -2.41. The number of amides is 3. The van der Waals surface area contributed by atoms with Gasteiger partial charge in [0.2, 0.25) is 12.4 Å². The van der Waals surface area contributed by atoms with Crippen molar-refractivity contribution in [2.24, 2.45) is 5.73 Å². The van der Waals surface area contributed by atoms with Gasteiger partial charge in [0.25, 0.3) is 11.8 Å². The molecule has 3 amide bonds. The number of carbonyl (C=O) groups is 3. The Balaban J connectivity index is 0.00000105. The molecule has 1 aliphatic heterocycles. The molecule has 2 aromatic rings. The smallest absolute Gasteiger partial charge is 0.259 e. The third-order valence-corrected chi connectivity index (χ3v) is 6.86. The highest BCUT2D eigenvalue weighted by molar-refractivity contribution is 6.06. The molecule has 0 saturated heterocycles. The van der Waals surface area contributed by atoms with Gasteiger partial charge in [-0.15, -0.1) is 6.58 Å². The Morgan fingerprint density at radius 2 is 1.95 bits per heavy atom. The van der Waals surface area contributed by atoms with E-state index in [0.29, 0.717) is 30.2 Å². The van der Waals surface area contributed by atoms with Gasteiger partial charge < -0.3 is 20.5 Å². The van der Waals surface area contributed by atoms with Crippen LogP contribution >= 0.6 is 0 Å². The number of rotatable bonds is 10. The van der Waals surface area contributed by atoms with Crippen molar-refractivity contribution >= 4 is 35.2 Å². The monoisotopic (exact) mass is 550 g/mol. The second kappa shape index (κ2) is 17.7. The number of nitrogens with one attached hydrogen (secondary N) is 2. The molecule has 2 heterocycles. The largest absolute Gasteiger partial charge is 0.387 e. The lowest BCUT2D eigenvalue weighted by Gasteiger charge is -2.33. The first-order valence-electron chi connectivity index (χ1n) is 14.5. The van der Waals surface area contributed by atoms with E-state index in [9.17, 15) is 9.59 Å². The molecule has 1 aromatic heterocycles. The molecule has 4 rings (SSSR count). The Morgan fingerprint density at radius 1 is 1.23 bits per heavy atom. The van der Waals surface area contributed by atoms with Crippen LogP contribution in [0.5, 0.6) is 0 Å². The number of hydrogen-bond donors (Lipinski definition) is 3. The van der Waals surface area contributed by atoms with Gasteiger partial charge in [-0.2, -0.15) is 0 Å². The summed E-state index contributed by atoms with van der Waals surface area (Å²) >= 11 is 0. The zero-order chi connectivity index (χ0) is 29.3. The van der Waals surface area contributed by atoms with Gasteiger partial charge in [-0.25, -0.2) is 4.98 Å². The van der Waals surface area contributed by atoms with Gasteiger partial charge in [-0.1, -0.05) is 71.1 Å². The molecule has 1 saturated carbocycles. The number of anilines is 1. The summed E-state index contributed by atoms with van der Waals surface area (Å²) in [6, 6.07) is 5.98. The number of aromatic nitrogens is 2. The van der Waals surface area contributed by atoms with Crippen LogP contribution in [0.4, 0.5) is 5.95 Å². The van der Waals surface area contributed by atoms with Crippen molar-refractivity contribution in [2.75, 3.05) is 18.4 Å². The summed E-state index contributed by atoms with van der Waals surface area (Å²) in [7, 11) is 0. The maximum absolute atomic E-state index is 13.5. The van der Waals surface area contributed by atoms with Crippen molar-refractivity contribution in [1.82, 2.24) is 19.8 Å². The fraction of sp³-hybridized carbons (Fsp3) is 0.484. The van der Waals surface area contributed by atoms with Crippen LogP contribution in [-0.2, 0) is 16.1 Å². The number of fused-ring (bicyclic) bond motifs is 1. The van der Waals surface area contributed by atoms with Gasteiger partial charge in [0, 0.05) is 37.4 Å². The number of dihydropyridines is 1. The molecule has 9 heteroatoms. The Hall–Kier alpha value is -3.88. The third kappa shape index (κ3) is 8.83. The van der Waals surface area contributed by atoms with Crippen LogP contribution < -0.4 is 16.4 Å². The van der Waals surface area contributed by atoms with Crippen molar-refractivity contribution in [1.29, 1.82) is 0 Å². The summed E-state index contributed by atoms with van der Waals surface area (Å²) in [5.41, 5.74) is 7.00. The lowest BCUT2D eigenvalue weighted by molar-refractivity contribution is -0.112. The fourth-order valence-corrected chi connectivity index (χ4v) is 4.99. The highest BCUT2D eigenvalue weighted by Crippen LogP contribution is 2.27. The molecule has 0 bridgehead atoms. The molecule has 218 valence electrons. The molecule has 1 aliphatic carbocycles. The number of unbranched alkanes of at least 4 members (excludes halogenated alkanes) is 2. The Morgan fingerprint density at radius 3 is 2.58 bits per heavy atom. The summed E-state index contributed by atoms with van der Waals surface area (Å²) < 4.78 is 2.06. The molecule has 1 fully saturated rings. The van der Waals surface area contributed by atoms with Gasteiger partial charge in [0.1, 0.15) is 0 Å². The Labute approximate surface area is 238 Å². The number of hydrogen-bond acceptors (Lipinski definition) is 5. The van der Waals surface area contributed by atoms with Gasteiger partial charge in [-0.05, 0) is 37.5 Å². The number of carbonyl (C=O) groups excluding carboxylic acids is 3. The minimum atomic E-state index is -0.203. The maximum Gasteiger partial charge on any atom is 0.259 e. The van der Waals surface area contributed by atoms with Gasteiger partial charge >= 0.3 is 0 Å². The van der Waals surface area contributed by atoms with Crippen LogP contribution in [0.3, 0.4) is 0 Å². The Bertz CT molecular complexity index is 1180. The van der Waals surface area contributed by atoms with Gasteiger partial charge in [-0.3, -0.25) is 19.7 Å². The molecule has 0 radical (unpaired) electrons. The number of imidazole rings is 1. The van der Waals surface area contributed by atoms with E-state index in [1.807, 2.05) is 55.2 Å². The van der Waals surface area contributed by atoms with E-state index in [-0.39, 0.29) is 24.3 Å². The van der Waals surface area contributed by atoms with Crippen LogP contribution in [0.2, 0.25) is 0 Å². The summed E-state index contributed by atoms with van der Waals surface area (Å²) in [6.45, 7) is 12.1. The average Bonchev–Trinajstić information content (AvgIpc) is 3.34. The summed E-state index contributed by atoms with van der Waals surface area (Å²) in [4.78, 5) is 41.7. The zero-order valence-corrected chi connectivity index (χ0v) is 24.3. The standard InChI is InChI=1S/C28H37N5O2.C2H6.CH3NO/c1-3-5-9-18-33-25-15-14-21(27(35)32(17-4-2)23-12-7-6-8-13-23)19-24(25)30-28(33)31-26(34)22-11-10-16-29-20-22;1-2;2-1-3/h4,10-11,14-15,19-20,23,29H,2-3,5-9,12-13,16-18H2,1H3,(H,30,31,34);1-2H3;1H,(H2,2,3). The molecule has 4 N–H and O–H groups in total. The first-order chi connectivity index (χ1) is 19.5. The molecule has 0 spiro atoms. The third-order valence-electron chi connectivity index (χ3n) is 6.86. The summed E-state index contributed by atoms with van der Waals surface area (Å²) in [6.07, 6.45) is 16.4. The number of benzene rings is 1. The molecular formula is C31H46N6O3. The molecule has 2 aliphatic rings. The van der Waals surface area contributed by atoms with Crippen molar-refractivity contribution in [3.05, 3.63) is 60.3 Å². The number of aryl methyl sites for hydroxylation is 1. The van der Waals surface area contributed by atoms with Crippen LogP contribution in [0.15, 0.2) is 54.8 Å². The van der Waals surface area contributed by atoms with E-state index >= 15 is 0 Å². The van der Waals surface area contributed by atoms with E-state index in [4.69, 9.17) is 9.78 Å². The number of nitrogens with zero attached hydrogens (tertiary/aromatic N) is 3. The maximum atomic E-state index is 13.5.